The number of hydrogen-bond acceptors (Lipinski definition) is 7. The molecule has 3 N–H and O–H groups in total. The highest BCUT2D eigenvalue weighted by Crippen LogP contribution is 2.29. The van der Waals surface area contributed by atoms with Crippen LogP contribution >= 0.6 is 0 Å². The van der Waals surface area contributed by atoms with E-state index in [9.17, 15) is 8.78 Å². The number of hydrogen-bond donors (Lipinski definition) is 3. The van der Waals surface area contributed by atoms with Crippen molar-refractivity contribution < 1.29 is 18.3 Å². The highest BCUT2D eigenvalue weighted by atomic mass is 19.3. The molecule has 2 aliphatic rings. The van der Waals surface area contributed by atoms with Crippen LogP contribution in [0.15, 0.2) is 18.5 Å². The van der Waals surface area contributed by atoms with E-state index in [1.807, 2.05) is 0 Å². The lowest BCUT2D eigenvalue weighted by Crippen LogP contribution is -2.46. The molecule has 2 saturated heterocycles. The smallest absolute Gasteiger partial charge is 0.388 e. The molecule has 8 nitrogen and oxygen atoms in total. The fourth-order valence-electron chi connectivity index (χ4n) is 3.35. The summed E-state index contributed by atoms with van der Waals surface area (Å²) >= 11 is 0. The molecule has 10 heteroatoms. The van der Waals surface area contributed by atoms with Gasteiger partial charge in [0.25, 0.3) is 0 Å². The summed E-state index contributed by atoms with van der Waals surface area (Å²) in [5.74, 6) is 0.976. The second-order valence-corrected chi connectivity index (χ2v) is 6.14. The van der Waals surface area contributed by atoms with Gasteiger partial charge in [0.15, 0.2) is 11.6 Å². The molecule has 25 heavy (non-hydrogen) atoms. The molecule has 2 fully saturated rings. The molecular weight excluding hydrogens is 334 g/mol. The number of alkyl halides is 2. The van der Waals surface area contributed by atoms with Crippen molar-refractivity contribution in [2.75, 3.05) is 5.32 Å². The zero-order valence-corrected chi connectivity index (χ0v) is 13.3. The first kappa shape index (κ1) is 16.0. The summed E-state index contributed by atoms with van der Waals surface area (Å²) in [6.45, 7) is -2.91. The predicted molar refractivity (Wildman–Crippen MR) is 84.1 cm³/mol. The maximum absolute atomic E-state index is 12.2. The number of anilines is 2. The third-order valence-corrected chi connectivity index (χ3v) is 4.44. The van der Waals surface area contributed by atoms with Gasteiger partial charge in [-0.3, -0.25) is 4.98 Å². The van der Waals surface area contributed by atoms with E-state index in [1.165, 1.54) is 18.7 Å². The third kappa shape index (κ3) is 3.78. The zero-order chi connectivity index (χ0) is 17.2. The number of piperidine rings is 1. The third-order valence-electron chi connectivity index (χ3n) is 4.44. The summed E-state index contributed by atoms with van der Waals surface area (Å²) in [7, 11) is 0. The lowest BCUT2D eigenvalue weighted by atomic mass is 10.0. The summed E-state index contributed by atoms with van der Waals surface area (Å²) in [6.07, 6.45) is 7.55. The summed E-state index contributed by atoms with van der Waals surface area (Å²) in [4.78, 5) is 8.45. The Balaban J connectivity index is 1.40. The second kappa shape index (κ2) is 6.79. The van der Waals surface area contributed by atoms with E-state index in [0.29, 0.717) is 29.6 Å². The normalized spacial score (nSPS) is 25.2. The molecule has 2 aromatic heterocycles. The predicted octanol–water partition coefficient (Wildman–Crippen LogP) is 2.21. The molecule has 0 aromatic carbocycles. The molecule has 134 valence electrons. The van der Waals surface area contributed by atoms with Crippen LogP contribution in [-0.4, -0.2) is 45.0 Å². The van der Waals surface area contributed by atoms with Crippen LogP contribution in [0.1, 0.15) is 25.7 Å². The van der Waals surface area contributed by atoms with Gasteiger partial charge in [-0.1, -0.05) is 0 Å². The number of nitrogens with zero attached hydrogens (tertiary/aromatic N) is 3. The van der Waals surface area contributed by atoms with E-state index in [4.69, 9.17) is 4.74 Å². The maximum atomic E-state index is 12.2. The van der Waals surface area contributed by atoms with E-state index < -0.39 is 6.61 Å². The molecule has 2 bridgehead atoms. The average Bonchev–Trinajstić information content (AvgIpc) is 3.17. The van der Waals surface area contributed by atoms with Crippen LogP contribution in [0, 0.1) is 0 Å². The number of ether oxygens (including phenoxy) is 2. The number of H-pyrrole nitrogens is 1. The van der Waals surface area contributed by atoms with Crippen LogP contribution < -0.4 is 20.1 Å². The molecule has 2 aliphatic heterocycles. The van der Waals surface area contributed by atoms with Gasteiger partial charge in [-0.15, -0.1) is 0 Å². The van der Waals surface area contributed by atoms with Crippen LogP contribution in [0.2, 0.25) is 0 Å². The summed E-state index contributed by atoms with van der Waals surface area (Å²) in [6, 6.07) is 2.29. The van der Waals surface area contributed by atoms with E-state index >= 15 is 0 Å². The largest absolute Gasteiger partial charge is 0.472 e. The number of nitrogens with one attached hydrogen (secondary N) is 3. The zero-order valence-electron chi connectivity index (χ0n) is 13.3. The number of aromatic nitrogens is 4. The fraction of sp³-hybridized carbons (Fsp3) is 0.533. The molecule has 0 spiro atoms. The standard InChI is InChI=1S/C15H18F2N6O2/c16-15(17)25-13-5-11(22-23-13)20-12-6-18-7-14(21-12)24-10-4-2-8-1-3-9(10)19-8/h5-10,15,19H,1-4H2,(H2,20,21,22,23)/t8-,9+,10-/m0/s1. The lowest BCUT2D eigenvalue weighted by molar-refractivity contribution is -0.0528. The molecule has 0 radical (unpaired) electrons. The highest BCUT2D eigenvalue weighted by molar-refractivity contribution is 5.52. The first-order valence-electron chi connectivity index (χ1n) is 8.18. The van der Waals surface area contributed by atoms with Crippen LogP contribution in [0.25, 0.3) is 0 Å². The monoisotopic (exact) mass is 352 g/mol. The minimum atomic E-state index is -2.91. The van der Waals surface area contributed by atoms with Crippen molar-refractivity contribution in [1.82, 2.24) is 25.5 Å². The molecule has 4 rings (SSSR count). The molecule has 2 aromatic rings. The molecular formula is C15H18F2N6O2. The van der Waals surface area contributed by atoms with Gasteiger partial charge in [-0.2, -0.15) is 18.9 Å². The summed E-state index contributed by atoms with van der Waals surface area (Å²) < 4.78 is 34.5. The SMILES string of the molecule is FC(F)Oc1cc(Nc2cncc(O[C@H]3CC[C@@H]4CC[C@H]3N4)n2)n[nH]1. The quantitative estimate of drug-likeness (QED) is 0.733. The molecule has 0 aliphatic carbocycles. The Morgan fingerprint density at radius 3 is 2.92 bits per heavy atom. The topological polar surface area (TPSA) is 97.0 Å². The van der Waals surface area contributed by atoms with Gasteiger partial charge in [-0.05, 0) is 25.7 Å². The van der Waals surface area contributed by atoms with Crippen molar-refractivity contribution in [3.8, 4) is 11.8 Å². The van der Waals surface area contributed by atoms with E-state index in [1.54, 1.807) is 6.20 Å². The van der Waals surface area contributed by atoms with Gasteiger partial charge in [0.2, 0.25) is 11.8 Å². The number of fused-ring (bicyclic) bond motifs is 2. The van der Waals surface area contributed by atoms with Gasteiger partial charge in [-0.25, -0.2) is 5.10 Å². The van der Waals surface area contributed by atoms with Gasteiger partial charge in [0.1, 0.15) is 6.10 Å². The fourth-order valence-corrected chi connectivity index (χ4v) is 3.35. The first-order chi connectivity index (χ1) is 12.2. The van der Waals surface area contributed by atoms with E-state index in [-0.39, 0.29) is 12.0 Å². The Morgan fingerprint density at radius 2 is 2.04 bits per heavy atom. The Kier molecular flexibility index (Phi) is 4.35. The minimum absolute atomic E-state index is 0.0831. The Labute approximate surface area is 142 Å². The molecule has 0 saturated carbocycles. The lowest BCUT2D eigenvalue weighted by Gasteiger charge is -2.30. The molecule has 0 unspecified atom stereocenters. The van der Waals surface area contributed by atoms with Crippen LogP contribution in [0.3, 0.4) is 0 Å². The van der Waals surface area contributed by atoms with E-state index in [2.05, 4.69) is 35.5 Å². The highest BCUT2D eigenvalue weighted by Gasteiger charge is 2.36. The average molecular weight is 352 g/mol. The number of rotatable bonds is 6. The Morgan fingerprint density at radius 1 is 1.16 bits per heavy atom. The first-order valence-corrected chi connectivity index (χ1v) is 8.18. The van der Waals surface area contributed by atoms with Crippen molar-refractivity contribution in [3.05, 3.63) is 18.5 Å². The minimum Gasteiger partial charge on any atom is -0.472 e. The van der Waals surface area contributed by atoms with Crippen molar-refractivity contribution in [2.24, 2.45) is 0 Å². The van der Waals surface area contributed by atoms with Crippen LogP contribution in [0.4, 0.5) is 20.4 Å². The Bertz CT molecular complexity index is 728. The van der Waals surface area contributed by atoms with Crippen molar-refractivity contribution in [3.63, 3.8) is 0 Å². The molecule has 3 atom stereocenters. The molecule has 0 amide bonds. The number of halogens is 2. The van der Waals surface area contributed by atoms with Crippen LogP contribution in [-0.2, 0) is 0 Å². The second-order valence-electron chi connectivity index (χ2n) is 6.14. The van der Waals surface area contributed by atoms with Crippen molar-refractivity contribution in [1.29, 1.82) is 0 Å². The summed E-state index contributed by atoms with van der Waals surface area (Å²) in [5, 5.41) is 12.6. The Hall–Kier alpha value is -2.49. The number of aromatic amines is 1. The van der Waals surface area contributed by atoms with Gasteiger partial charge in [0.05, 0.1) is 12.4 Å². The maximum Gasteiger partial charge on any atom is 0.388 e. The van der Waals surface area contributed by atoms with Gasteiger partial charge < -0.3 is 20.1 Å². The van der Waals surface area contributed by atoms with Crippen molar-refractivity contribution >= 4 is 11.6 Å². The summed E-state index contributed by atoms with van der Waals surface area (Å²) in [5.41, 5.74) is 0. The van der Waals surface area contributed by atoms with Gasteiger partial charge in [0, 0.05) is 18.2 Å². The van der Waals surface area contributed by atoms with E-state index in [0.717, 1.165) is 19.3 Å². The molecule has 4 heterocycles. The van der Waals surface area contributed by atoms with Crippen LogP contribution in [0.5, 0.6) is 11.8 Å². The van der Waals surface area contributed by atoms with Crippen molar-refractivity contribution in [2.45, 2.75) is 50.5 Å². The van der Waals surface area contributed by atoms with Gasteiger partial charge >= 0.3 is 6.61 Å².